The van der Waals surface area contributed by atoms with Gasteiger partial charge in [0.1, 0.15) is 17.4 Å². The zero-order chi connectivity index (χ0) is 22.2. The van der Waals surface area contributed by atoms with Crippen LogP contribution >= 0.6 is 0 Å². The number of amides is 2. The number of fused-ring (bicyclic) bond motifs is 1. The maximum Gasteiger partial charge on any atom is 0.534 e. The highest BCUT2D eigenvalue weighted by molar-refractivity contribution is 7.88. The van der Waals surface area contributed by atoms with E-state index in [1.807, 2.05) is 0 Å². The Morgan fingerprint density at radius 2 is 1.86 bits per heavy atom. The number of ether oxygens (including phenoxy) is 1. The van der Waals surface area contributed by atoms with Gasteiger partial charge in [-0.05, 0) is 32.4 Å². The molecule has 0 bridgehead atoms. The summed E-state index contributed by atoms with van der Waals surface area (Å²) in [5, 5.41) is 3.11. The minimum Gasteiger partial charge on any atom is -0.444 e. The number of hydrogen-bond donors (Lipinski definition) is 1. The average molecular weight is 440 g/mol. The summed E-state index contributed by atoms with van der Waals surface area (Å²) >= 11 is 0. The monoisotopic (exact) mass is 440 g/mol. The second-order valence-electron chi connectivity index (χ2n) is 6.99. The third-order valence-corrected chi connectivity index (χ3v) is 4.54. The molecule has 0 unspecified atom stereocenters. The quantitative estimate of drug-likeness (QED) is 0.565. The Balaban J connectivity index is 2.28. The average Bonchev–Trinajstić information content (AvgIpc) is 2.53. The highest BCUT2D eigenvalue weighted by Crippen LogP contribution is 2.34. The van der Waals surface area contributed by atoms with Gasteiger partial charge < -0.3 is 14.2 Å². The van der Waals surface area contributed by atoms with Crippen molar-refractivity contribution in [2.24, 2.45) is 0 Å². The largest absolute Gasteiger partial charge is 0.534 e. The summed E-state index contributed by atoms with van der Waals surface area (Å²) in [6, 6.07) is 2.11. The Morgan fingerprint density at radius 1 is 1.24 bits per heavy atom. The molecular weight excluding hydrogens is 421 g/mol. The van der Waals surface area contributed by atoms with Crippen molar-refractivity contribution in [1.82, 2.24) is 5.32 Å². The molecule has 0 fully saturated rings. The van der Waals surface area contributed by atoms with Crippen LogP contribution in [-0.2, 0) is 30.9 Å². The van der Waals surface area contributed by atoms with Crippen LogP contribution < -0.4 is 14.6 Å². The van der Waals surface area contributed by atoms with Crippen LogP contribution in [0.15, 0.2) is 18.2 Å². The van der Waals surface area contributed by atoms with Crippen LogP contribution in [0.1, 0.15) is 26.3 Å². The van der Waals surface area contributed by atoms with E-state index in [2.05, 4.69) is 9.50 Å². The second-order valence-corrected chi connectivity index (χ2v) is 8.53. The van der Waals surface area contributed by atoms with Gasteiger partial charge in [-0.25, -0.2) is 4.79 Å². The standard InChI is InChI=1S/C16H19F3N2O7S/c1-15(2,3)27-14(23)20-11-7-9-5-6-10(28-29(24,25)16(17,18)19)8-12(9)21(26-4)13(11)22/h5-6,8,11H,7H2,1-4H3,(H,20,23)/t11-/m1/s1. The number of nitrogens with zero attached hydrogens (tertiary/aromatic N) is 1. The molecule has 0 saturated carbocycles. The molecule has 1 aromatic rings. The number of hydrogen-bond acceptors (Lipinski definition) is 7. The van der Waals surface area contributed by atoms with Gasteiger partial charge in [0.25, 0.3) is 5.91 Å². The molecule has 13 heteroatoms. The highest BCUT2D eigenvalue weighted by atomic mass is 32.2. The van der Waals surface area contributed by atoms with E-state index in [0.717, 1.165) is 19.2 Å². The van der Waals surface area contributed by atoms with Crippen LogP contribution in [0.3, 0.4) is 0 Å². The van der Waals surface area contributed by atoms with E-state index in [0.29, 0.717) is 10.6 Å². The van der Waals surface area contributed by atoms with Crippen LogP contribution in [0.5, 0.6) is 5.75 Å². The Kier molecular flexibility index (Phi) is 6.04. The SMILES string of the molecule is CON1C(=O)[C@H](NC(=O)OC(C)(C)C)Cc2ccc(OS(=O)(=O)C(F)(F)F)cc21. The predicted octanol–water partition coefficient (Wildman–Crippen LogP) is 2.26. The Hall–Kier alpha value is -2.54. The van der Waals surface area contributed by atoms with Crippen molar-refractivity contribution in [3.05, 3.63) is 23.8 Å². The minimum absolute atomic E-state index is 0.0189. The lowest BCUT2D eigenvalue weighted by atomic mass is 9.98. The maximum atomic E-state index is 12.6. The molecule has 162 valence electrons. The summed E-state index contributed by atoms with van der Waals surface area (Å²) in [7, 11) is -4.75. The normalized spacial score (nSPS) is 17.6. The van der Waals surface area contributed by atoms with Crippen LogP contribution in [-0.4, -0.2) is 44.7 Å². The lowest BCUT2D eigenvalue weighted by molar-refractivity contribution is -0.127. The van der Waals surface area contributed by atoms with Crippen molar-refractivity contribution in [2.45, 2.75) is 44.3 Å². The van der Waals surface area contributed by atoms with Crippen LogP contribution in [0.4, 0.5) is 23.7 Å². The first-order valence-corrected chi connectivity index (χ1v) is 9.57. The van der Waals surface area contributed by atoms with Crippen LogP contribution in [0.2, 0.25) is 0 Å². The van der Waals surface area contributed by atoms with Gasteiger partial charge in [-0.2, -0.15) is 26.7 Å². The van der Waals surface area contributed by atoms with Gasteiger partial charge in [0.15, 0.2) is 0 Å². The molecule has 1 N–H and O–H groups in total. The number of carbonyl (C=O) groups is 2. The molecule has 0 saturated heterocycles. The summed E-state index contributed by atoms with van der Waals surface area (Å²) < 4.78 is 69.0. The molecule has 1 aliphatic rings. The molecule has 29 heavy (non-hydrogen) atoms. The molecule has 0 radical (unpaired) electrons. The number of alkyl carbamates (subject to hydrolysis) is 1. The van der Waals surface area contributed by atoms with Crippen molar-refractivity contribution >= 4 is 27.8 Å². The molecule has 2 rings (SSSR count). The fourth-order valence-electron chi connectivity index (χ4n) is 2.45. The number of carbonyl (C=O) groups excluding carboxylic acids is 2. The van der Waals surface area contributed by atoms with E-state index in [1.54, 1.807) is 20.8 Å². The summed E-state index contributed by atoms with van der Waals surface area (Å²) in [4.78, 5) is 29.5. The van der Waals surface area contributed by atoms with E-state index >= 15 is 0 Å². The first-order valence-electron chi connectivity index (χ1n) is 8.16. The van der Waals surface area contributed by atoms with Gasteiger partial charge in [-0.15, -0.1) is 0 Å². The molecule has 2 amide bonds. The van der Waals surface area contributed by atoms with Gasteiger partial charge in [-0.3, -0.25) is 9.63 Å². The van der Waals surface area contributed by atoms with E-state index in [1.165, 1.54) is 6.07 Å². The molecule has 9 nitrogen and oxygen atoms in total. The molecule has 1 atom stereocenters. The van der Waals surface area contributed by atoms with E-state index in [4.69, 9.17) is 9.57 Å². The number of rotatable bonds is 4. The fourth-order valence-corrected chi connectivity index (χ4v) is 2.90. The Bertz CT molecular complexity index is 910. The fraction of sp³-hybridized carbons (Fsp3) is 0.500. The summed E-state index contributed by atoms with van der Waals surface area (Å²) in [6.07, 6.45) is -0.869. The molecule has 0 spiro atoms. The second kappa shape index (κ2) is 7.71. The van der Waals surface area contributed by atoms with E-state index in [9.17, 15) is 31.2 Å². The van der Waals surface area contributed by atoms with Gasteiger partial charge in [0.2, 0.25) is 0 Å². The van der Waals surface area contributed by atoms with Crippen molar-refractivity contribution in [3.8, 4) is 5.75 Å². The number of alkyl halides is 3. The topological polar surface area (TPSA) is 111 Å². The number of nitrogens with one attached hydrogen (secondary N) is 1. The molecule has 1 aromatic carbocycles. The molecule has 1 aliphatic heterocycles. The predicted molar refractivity (Wildman–Crippen MR) is 93.4 cm³/mol. The number of hydroxylamine groups is 1. The molecular formula is C16H19F3N2O7S. The summed E-state index contributed by atoms with van der Waals surface area (Å²) in [6.45, 7) is 4.92. The maximum absolute atomic E-state index is 12.6. The summed E-state index contributed by atoms with van der Waals surface area (Å²) in [5.74, 6) is -1.39. The third-order valence-electron chi connectivity index (χ3n) is 3.56. The third kappa shape index (κ3) is 5.29. The van der Waals surface area contributed by atoms with E-state index in [-0.39, 0.29) is 12.1 Å². The lowest BCUT2D eigenvalue weighted by Gasteiger charge is -2.33. The molecule has 1 heterocycles. The van der Waals surface area contributed by atoms with Crippen LogP contribution in [0.25, 0.3) is 0 Å². The van der Waals surface area contributed by atoms with Crippen molar-refractivity contribution in [2.75, 3.05) is 12.2 Å². The van der Waals surface area contributed by atoms with Crippen molar-refractivity contribution in [3.63, 3.8) is 0 Å². The summed E-state index contributed by atoms with van der Waals surface area (Å²) in [5.41, 5.74) is -6.03. The van der Waals surface area contributed by atoms with Gasteiger partial charge in [0, 0.05) is 12.5 Å². The smallest absolute Gasteiger partial charge is 0.444 e. The van der Waals surface area contributed by atoms with Gasteiger partial charge >= 0.3 is 21.7 Å². The van der Waals surface area contributed by atoms with Crippen molar-refractivity contribution in [1.29, 1.82) is 0 Å². The van der Waals surface area contributed by atoms with Crippen molar-refractivity contribution < 1.29 is 44.9 Å². The highest BCUT2D eigenvalue weighted by Gasteiger charge is 2.48. The Labute approximate surface area is 164 Å². The number of anilines is 1. The molecule has 0 aliphatic carbocycles. The number of halogens is 3. The lowest BCUT2D eigenvalue weighted by Crippen LogP contribution is -2.53. The first kappa shape index (κ1) is 22.7. The van der Waals surface area contributed by atoms with Crippen LogP contribution in [0, 0.1) is 0 Å². The zero-order valence-corrected chi connectivity index (χ0v) is 16.7. The minimum atomic E-state index is -5.88. The van der Waals surface area contributed by atoms with E-state index < -0.39 is 45.0 Å². The Morgan fingerprint density at radius 3 is 2.38 bits per heavy atom. The zero-order valence-electron chi connectivity index (χ0n) is 15.9. The number of benzene rings is 1. The first-order chi connectivity index (χ1) is 13.1. The molecule has 0 aromatic heterocycles. The van der Waals surface area contributed by atoms with Gasteiger partial charge in [-0.1, -0.05) is 6.07 Å². The van der Waals surface area contributed by atoms with Gasteiger partial charge in [0.05, 0.1) is 12.8 Å².